The molecule has 1 aromatic heterocycles. The fourth-order valence-electron chi connectivity index (χ4n) is 4.67. The van der Waals surface area contributed by atoms with Gasteiger partial charge in [0.25, 0.3) is 5.91 Å². The number of nitrogens with zero attached hydrogens (tertiary/aromatic N) is 2. The van der Waals surface area contributed by atoms with Crippen LogP contribution in [0.4, 0.5) is 5.95 Å². The SMILES string of the molecule is Cc1cc(OCC(=O)NC23CC(Nc4nccc(-c5ccccc5)n4)(C2)C3)ccc1Cl. The van der Waals surface area contributed by atoms with Gasteiger partial charge in [0.1, 0.15) is 5.75 Å². The van der Waals surface area contributed by atoms with E-state index >= 15 is 0 Å². The number of carbonyl (C=O) groups excluding carboxylic acids is 1. The zero-order valence-electron chi connectivity index (χ0n) is 17.2. The fourth-order valence-corrected chi connectivity index (χ4v) is 4.78. The first-order valence-electron chi connectivity index (χ1n) is 10.3. The lowest BCUT2D eigenvalue weighted by molar-refractivity contribution is -0.135. The minimum atomic E-state index is -0.138. The van der Waals surface area contributed by atoms with Gasteiger partial charge in [-0.25, -0.2) is 9.97 Å². The highest BCUT2D eigenvalue weighted by Crippen LogP contribution is 2.61. The summed E-state index contributed by atoms with van der Waals surface area (Å²) in [5.74, 6) is 1.16. The number of amides is 1. The molecule has 0 aliphatic heterocycles. The van der Waals surface area contributed by atoms with E-state index in [0.717, 1.165) is 36.1 Å². The average Bonchev–Trinajstić information content (AvgIpc) is 2.73. The normalized spacial score (nSPS) is 23.3. The predicted octanol–water partition coefficient (Wildman–Crippen LogP) is 4.39. The molecule has 31 heavy (non-hydrogen) atoms. The molecule has 3 aliphatic rings. The van der Waals surface area contributed by atoms with Gasteiger partial charge in [-0.1, -0.05) is 41.9 Å². The minimum Gasteiger partial charge on any atom is -0.484 e. The first-order valence-corrected chi connectivity index (χ1v) is 10.7. The Morgan fingerprint density at radius 3 is 2.61 bits per heavy atom. The van der Waals surface area contributed by atoms with Crippen LogP contribution in [0.15, 0.2) is 60.8 Å². The number of aromatic nitrogens is 2. The van der Waals surface area contributed by atoms with Crippen molar-refractivity contribution in [3.63, 3.8) is 0 Å². The minimum absolute atomic E-state index is 0.00845. The first-order chi connectivity index (χ1) is 14.9. The van der Waals surface area contributed by atoms with Crippen molar-refractivity contribution in [1.82, 2.24) is 15.3 Å². The molecule has 7 heteroatoms. The fraction of sp³-hybridized carbons (Fsp3) is 0.292. The van der Waals surface area contributed by atoms with Crippen LogP contribution in [0, 0.1) is 6.92 Å². The van der Waals surface area contributed by atoms with Crippen LogP contribution in [0.3, 0.4) is 0 Å². The molecular formula is C24H23ClN4O2. The predicted molar refractivity (Wildman–Crippen MR) is 120 cm³/mol. The summed E-state index contributed by atoms with van der Waals surface area (Å²) in [4.78, 5) is 21.4. The van der Waals surface area contributed by atoms with Crippen molar-refractivity contribution in [1.29, 1.82) is 0 Å². The molecule has 2 N–H and O–H groups in total. The number of benzene rings is 2. The van der Waals surface area contributed by atoms with Gasteiger partial charge in [0.2, 0.25) is 5.95 Å². The van der Waals surface area contributed by atoms with Gasteiger partial charge in [-0.2, -0.15) is 0 Å². The van der Waals surface area contributed by atoms with Crippen molar-refractivity contribution in [2.75, 3.05) is 11.9 Å². The molecule has 3 aromatic rings. The summed E-state index contributed by atoms with van der Waals surface area (Å²) in [5.41, 5.74) is 2.70. The summed E-state index contributed by atoms with van der Waals surface area (Å²) in [5, 5.41) is 7.30. The zero-order chi connectivity index (χ0) is 21.5. The standard InChI is InChI=1S/C24H23ClN4O2/c1-16-11-18(7-8-19(16)25)31-12-21(30)28-23-13-24(14-23,15-23)29-22-26-10-9-20(27-22)17-5-3-2-4-6-17/h2-11H,12-15H2,1H3,(H,28,30)(H,26,27,29). The molecule has 3 aliphatic carbocycles. The molecular weight excluding hydrogens is 412 g/mol. The van der Waals surface area contributed by atoms with Gasteiger partial charge >= 0.3 is 0 Å². The highest BCUT2D eigenvalue weighted by molar-refractivity contribution is 6.31. The maximum atomic E-state index is 12.4. The van der Waals surface area contributed by atoms with Crippen molar-refractivity contribution < 1.29 is 9.53 Å². The molecule has 6 nitrogen and oxygen atoms in total. The van der Waals surface area contributed by atoms with Gasteiger partial charge in [-0.3, -0.25) is 4.79 Å². The topological polar surface area (TPSA) is 76.1 Å². The van der Waals surface area contributed by atoms with E-state index in [-0.39, 0.29) is 23.6 Å². The van der Waals surface area contributed by atoms with Gasteiger partial charge in [0.15, 0.2) is 6.61 Å². The second kappa shape index (κ2) is 7.54. The number of hydrogen-bond acceptors (Lipinski definition) is 5. The van der Waals surface area contributed by atoms with Gasteiger partial charge in [0.05, 0.1) is 5.69 Å². The monoisotopic (exact) mass is 434 g/mol. The van der Waals surface area contributed by atoms with Crippen molar-refractivity contribution in [3.8, 4) is 17.0 Å². The quantitative estimate of drug-likeness (QED) is 0.576. The first kappa shape index (κ1) is 19.8. The van der Waals surface area contributed by atoms with Crippen molar-refractivity contribution in [2.24, 2.45) is 0 Å². The summed E-state index contributed by atoms with van der Waals surface area (Å²) in [6.45, 7) is 1.90. The zero-order valence-corrected chi connectivity index (χ0v) is 17.9. The molecule has 2 bridgehead atoms. The van der Waals surface area contributed by atoms with E-state index in [4.69, 9.17) is 16.3 Å². The molecule has 0 spiro atoms. The number of ether oxygens (including phenoxy) is 1. The summed E-state index contributed by atoms with van der Waals surface area (Å²) < 4.78 is 5.61. The van der Waals surface area contributed by atoms with Gasteiger partial charge in [-0.05, 0) is 56.0 Å². The van der Waals surface area contributed by atoms with Crippen LogP contribution in [0.2, 0.25) is 5.02 Å². The maximum absolute atomic E-state index is 12.4. The molecule has 0 unspecified atom stereocenters. The largest absolute Gasteiger partial charge is 0.484 e. The Morgan fingerprint density at radius 1 is 1.10 bits per heavy atom. The number of hydrogen-bond donors (Lipinski definition) is 2. The van der Waals surface area contributed by atoms with Gasteiger partial charge < -0.3 is 15.4 Å². The van der Waals surface area contributed by atoms with E-state index in [1.807, 2.05) is 49.4 Å². The summed E-state index contributed by atoms with van der Waals surface area (Å²) in [6, 6.07) is 17.3. The summed E-state index contributed by atoms with van der Waals surface area (Å²) >= 11 is 6.02. The van der Waals surface area contributed by atoms with Crippen LogP contribution in [0.1, 0.15) is 24.8 Å². The Hall–Kier alpha value is -3.12. The van der Waals surface area contributed by atoms with Gasteiger partial charge in [0, 0.05) is 27.9 Å². The van der Waals surface area contributed by atoms with E-state index in [9.17, 15) is 4.79 Å². The third kappa shape index (κ3) is 3.95. The number of nitrogens with one attached hydrogen (secondary N) is 2. The maximum Gasteiger partial charge on any atom is 0.258 e. The molecule has 6 rings (SSSR count). The van der Waals surface area contributed by atoms with Crippen LogP contribution in [0.5, 0.6) is 5.75 Å². The molecule has 3 fully saturated rings. The second-order valence-electron chi connectivity index (χ2n) is 8.60. The third-order valence-electron chi connectivity index (χ3n) is 6.04. The van der Waals surface area contributed by atoms with E-state index in [2.05, 4.69) is 20.6 Å². The lowest BCUT2D eigenvalue weighted by Gasteiger charge is -2.70. The Bertz CT molecular complexity index is 1120. The molecule has 0 atom stereocenters. The molecule has 1 heterocycles. The Kier molecular flexibility index (Phi) is 4.82. The average molecular weight is 435 g/mol. The smallest absolute Gasteiger partial charge is 0.258 e. The lowest BCUT2D eigenvalue weighted by atomic mass is 9.44. The number of halogens is 1. The Labute approximate surface area is 186 Å². The Balaban J connectivity index is 1.13. The second-order valence-corrected chi connectivity index (χ2v) is 9.00. The van der Waals surface area contributed by atoms with Crippen molar-refractivity contribution >= 4 is 23.5 Å². The van der Waals surface area contributed by atoms with E-state index in [1.165, 1.54) is 0 Å². The summed E-state index contributed by atoms with van der Waals surface area (Å²) in [7, 11) is 0. The van der Waals surface area contributed by atoms with Crippen LogP contribution in [-0.4, -0.2) is 33.6 Å². The van der Waals surface area contributed by atoms with E-state index in [0.29, 0.717) is 16.7 Å². The highest BCUT2D eigenvalue weighted by atomic mass is 35.5. The molecule has 1 amide bonds. The van der Waals surface area contributed by atoms with Crippen LogP contribution in [0.25, 0.3) is 11.3 Å². The van der Waals surface area contributed by atoms with E-state index in [1.54, 1.807) is 18.3 Å². The van der Waals surface area contributed by atoms with Crippen molar-refractivity contribution in [3.05, 3.63) is 71.4 Å². The number of aryl methyl sites for hydroxylation is 1. The van der Waals surface area contributed by atoms with Crippen LogP contribution >= 0.6 is 11.6 Å². The lowest BCUT2D eigenvalue weighted by Crippen LogP contribution is -2.81. The number of anilines is 1. The Morgan fingerprint density at radius 2 is 1.87 bits per heavy atom. The molecule has 158 valence electrons. The highest BCUT2D eigenvalue weighted by Gasteiger charge is 2.69. The van der Waals surface area contributed by atoms with Crippen LogP contribution < -0.4 is 15.4 Å². The van der Waals surface area contributed by atoms with Crippen LogP contribution in [-0.2, 0) is 4.79 Å². The molecule has 2 aromatic carbocycles. The van der Waals surface area contributed by atoms with Gasteiger partial charge in [-0.15, -0.1) is 0 Å². The molecule has 3 saturated carbocycles. The summed E-state index contributed by atoms with van der Waals surface area (Å²) in [6.07, 6.45) is 4.37. The van der Waals surface area contributed by atoms with E-state index < -0.39 is 0 Å². The third-order valence-corrected chi connectivity index (χ3v) is 6.46. The number of rotatable bonds is 7. The van der Waals surface area contributed by atoms with Crippen molar-refractivity contribution in [2.45, 2.75) is 37.3 Å². The number of carbonyl (C=O) groups is 1. The molecule has 0 radical (unpaired) electrons. The molecule has 0 saturated heterocycles.